The van der Waals surface area contributed by atoms with Gasteiger partial charge in [0.05, 0.1) is 0 Å². The molecule has 0 heteroatoms. The van der Waals surface area contributed by atoms with Gasteiger partial charge in [-0.15, -0.1) is 12.8 Å². The molecule has 0 saturated heterocycles. The smallest absolute Gasteiger partial charge is 0.0259 e. The van der Waals surface area contributed by atoms with Gasteiger partial charge in [0, 0.05) is 5.92 Å². The summed E-state index contributed by atoms with van der Waals surface area (Å²) in [7, 11) is 0. The molecule has 0 aromatic heterocycles. The van der Waals surface area contributed by atoms with Crippen molar-refractivity contribution in [3.05, 3.63) is 12.2 Å². The van der Waals surface area contributed by atoms with E-state index >= 15 is 0 Å². The van der Waals surface area contributed by atoms with E-state index in [1.165, 1.54) is 0 Å². The summed E-state index contributed by atoms with van der Waals surface area (Å²) < 4.78 is 0. The highest BCUT2D eigenvalue weighted by Gasteiger charge is 2.04. The van der Waals surface area contributed by atoms with E-state index in [-0.39, 0.29) is 5.92 Å². The van der Waals surface area contributed by atoms with Gasteiger partial charge in [-0.3, -0.25) is 0 Å². The van der Waals surface area contributed by atoms with Crippen LogP contribution in [0.3, 0.4) is 0 Å². The Balaban J connectivity index is 4.73. The standard InChI is InChI=1S/C23H14/c1-5-8-10-12-14-16-19-22(4)21-23(18-7-3)20-17-15-13-11-9-6-2/h1-2,23H,4,7,18,21H2,3H3. The minimum atomic E-state index is 0.158. The molecule has 0 N–H and O–H groups in total. The Morgan fingerprint density at radius 3 is 1.91 bits per heavy atom. The second kappa shape index (κ2) is 14.6. The first-order chi connectivity index (χ1) is 11.2. The molecule has 1 unspecified atom stereocenters. The monoisotopic (exact) mass is 290 g/mol. The van der Waals surface area contributed by atoms with Gasteiger partial charge in [-0.2, -0.15) is 0 Å². The molecule has 1 atom stereocenters. The van der Waals surface area contributed by atoms with E-state index in [0.717, 1.165) is 18.4 Å². The first kappa shape index (κ1) is 19.2. The molecule has 0 radical (unpaired) electrons. The Kier molecular flexibility index (Phi) is 12.2. The number of allylic oxidation sites excluding steroid dienone is 1. The van der Waals surface area contributed by atoms with E-state index in [1.807, 2.05) is 0 Å². The third-order valence-electron chi connectivity index (χ3n) is 2.29. The van der Waals surface area contributed by atoms with E-state index < -0.39 is 0 Å². The van der Waals surface area contributed by atoms with Gasteiger partial charge in [-0.05, 0) is 89.5 Å². The quantitative estimate of drug-likeness (QED) is 0.698. The van der Waals surface area contributed by atoms with Crippen LogP contribution in [-0.2, 0) is 0 Å². The van der Waals surface area contributed by atoms with E-state index in [1.54, 1.807) is 0 Å². The van der Waals surface area contributed by atoms with Crippen LogP contribution in [0.4, 0.5) is 0 Å². The van der Waals surface area contributed by atoms with Crippen LogP contribution < -0.4 is 0 Å². The summed E-state index contributed by atoms with van der Waals surface area (Å²) in [5.74, 6) is 36.1. The molecule has 0 fully saturated rings. The second-order valence-electron chi connectivity index (χ2n) is 4.10. The zero-order valence-electron chi connectivity index (χ0n) is 13.1. The Labute approximate surface area is 140 Å². The SMILES string of the molecule is C#CC#CC#CC#CC(=C)CC(C#CC#CC#CC#C)CCC. The molecular formula is C23H14. The lowest BCUT2D eigenvalue weighted by Gasteiger charge is -2.07. The van der Waals surface area contributed by atoms with Crippen LogP contribution in [0, 0.1) is 102 Å². The predicted molar refractivity (Wildman–Crippen MR) is 96.5 cm³/mol. The van der Waals surface area contributed by atoms with Crippen molar-refractivity contribution in [3.63, 3.8) is 0 Å². The number of terminal acetylenes is 2. The fourth-order valence-electron chi connectivity index (χ4n) is 1.44. The molecule has 0 spiro atoms. The summed E-state index contributed by atoms with van der Waals surface area (Å²) in [6.07, 6.45) is 12.6. The molecule has 0 aliphatic rings. The predicted octanol–water partition coefficient (Wildman–Crippen LogP) is 2.64. The molecule has 0 heterocycles. The third kappa shape index (κ3) is 13.0. The first-order valence-corrected chi connectivity index (χ1v) is 6.85. The van der Waals surface area contributed by atoms with Crippen LogP contribution in [-0.4, -0.2) is 0 Å². The van der Waals surface area contributed by atoms with E-state index in [4.69, 9.17) is 12.8 Å². The zero-order valence-corrected chi connectivity index (χ0v) is 13.1. The van der Waals surface area contributed by atoms with E-state index in [0.29, 0.717) is 6.42 Å². The van der Waals surface area contributed by atoms with Gasteiger partial charge in [-0.1, -0.05) is 31.8 Å². The molecule has 0 aromatic rings. The Morgan fingerprint density at radius 1 is 0.826 bits per heavy atom. The van der Waals surface area contributed by atoms with Gasteiger partial charge in [0.1, 0.15) is 0 Å². The molecule has 0 aliphatic carbocycles. The molecule has 0 aliphatic heterocycles. The largest absolute Gasteiger partial charge is 0.106 e. The molecule has 0 nitrogen and oxygen atoms in total. The van der Waals surface area contributed by atoms with Gasteiger partial charge < -0.3 is 0 Å². The van der Waals surface area contributed by atoms with E-state index in [9.17, 15) is 0 Å². The van der Waals surface area contributed by atoms with Crippen molar-refractivity contribution >= 4 is 0 Å². The Bertz CT molecular complexity index is 872. The maximum Gasteiger partial charge on any atom is 0.0259 e. The summed E-state index contributed by atoms with van der Waals surface area (Å²) in [5.41, 5.74) is 0.775. The number of hydrogen-bond acceptors (Lipinski definition) is 0. The molecule has 0 rings (SSSR count). The van der Waals surface area contributed by atoms with Gasteiger partial charge in [0.2, 0.25) is 0 Å². The topological polar surface area (TPSA) is 0 Å². The van der Waals surface area contributed by atoms with Crippen molar-refractivity contribution in [1.82, 2.24) is 0 Å². The average molecular weight is 290 g/mol. The molecular weight excluding hydrogens is 276 g/mol. The molecule has 0 amide bonds. The van der Waals surface area contributed by atoms with Crippen LogP contribution in [0.5, 0.6) is 0 Å². The fraction of sp³-hybridized carbons (Fsp3) is 0.217. The van der Waals surface area contributed by atoms with Crippen molar-refractivity contribution in [3.8, 4) is 95.7 Å². The molecule has 23 heavy (non-hydrogen) atoms. The lowest BCUT2D eigenvalue weighted by molar-refractivity contribution is 0.600. The van der Waals surface area contributed by atoms with Crippen molar-refractivity contribution in [2.24, 2.45) is 5.92 Å². The van der Waals surface area contributed by atoms with Gasteiger partial charge in [0.15, 0.2) is 0 Å². The number of rotatable bonds is 4. The van der Waals surface area contributed by atoms with Gasteiger partial charge in [0.25, 0.3) is 0 Å². The van der Waals surface area contributed by atoms with Crippen LogP contribution in [0.2, 0.25) is 0 Å². The summed E-state index contributed by atoms with van der Waals surface area (Å²) in [6, 6.07) is 0. The van der Waals surface area contributed by atoms with Crippen molar-refractivity contribution in [2.75, 3.05) is 0 Å². The maximum atomic E-state index is 4.98. The second-order valence-corrected chi connectivity index (χ2v) is 4.10. The molecule has 0 aromatic carbocycles. The zero-order chi connectivity index (χ0) is 17.2. The van der Waals surface area contributed by atoms with Crippen LogP contribution >= 0.6 is 0 Å². The average Bonchev–Trinajstić information content (AvgIpc) is 2.54. The molecule has 0 bridgehead atoms. The van der Waals surface area contributed by atoms with Crippen LogP contribution in [0.1, 0.15) is 26.2 Å². The maximum absolute atomic E-state index is 4.98. The number of hydrogen-bond donors (Lipinski definition) is 0. The van der Waals surface area contributed by atoms with Crippen molar-refractivity contribution in [1.29, 1.82) is 0 Å². The van der Waals surface area contributed by atoms with Crippen molar-refractivity contribution in [2.45, 2.75) is 26.2 Å². The lowest BCUT2D eigenvalue weighted by Crippen LogP contribution is -1.97. The van der Waals surface area contributed by atoms with E-state index in [2.05, 4.69) is 96.4 Å². The highest BCUT2D eigenvalue weighted by atomic mass is 14.1. The highest BCUT2D eigenvalue weighted by molar-refractivity contribution is 5.42. The minimum Gasteiger partial charge on any atom is -0.106 e. The third-order valence-corrected chi connectivity index (χ3v) is 2.29. The highest BCUT2D eigenvalue weighted by Crippen LogP contribution is 2.14. The van der Waals surface area contributed by atoms with Crippen LogP contribution in [0.15, 0.2) is 12.2 Å². The molecule has 0 saturated carbocycles. The summed E-state index contributed by atoms with van der Waals surface area (Å²) >= 11 is 0. The normalized spacial score (nSPS) is 7.43. The fourth-order valence-corrected chi connectivity index (χ4v) is 1.44. The summed E-state index contributed by atoms with van der Waals surface area (Å²) in [4.78, 5) is 0. The van der Waals surface area contributed by atoms with Gasteiger partial charge in [-0.25, -0.2) is 0 Å². The van der Waals surface area contributed by atoms with Crippen molar-refractivity contribution < 1.29 is 0 Å². The minimum absolute atomic E-state index is 0.158. The Hall–Kier alpha value is -3.78. The lowest BCUT2D eigenvalue weighted by atomic mass is 9.96. The Morgan fingerprint density at radius 2 is 1.35 bits per heavy atom. The summed E-state index contributed by atoms with van der Waals surface area (Å²) in [5, 5.41) is 0. The molecule has 106 valence electrons. The van der Waals surface area contributed by atoms with Crippen LogP contribution in [0.25, 0.3) is 0 Å². The van der Waals surface area contributed by atoms with Gasteiger partial charge >= 0.3 is 0 Å². The summed E-state index contributed by atoms with van der Waals surface area (Å²) in [6.45, 7) is 6.02. The first-order valence-electron chi connectivity index (χ1n) is 6.85.